The van der Waals surface area contributed by atoms with Gasteiger partial charge in [-0.2, -0.15) is 9.67 Å². The summed E-state index contributed by atoms with van der Waals surface area (Å²) in [4.78, 5) is 45.0. The molecule has 1 fully saturated rings. The Balaban J connectivity index is 1.53. The van der Waals surface area contributed by atoms with E-state index in [2.05, 4.69) is 10.1 Å². The molecule has 5 rings (SSSR count). The van der Waals surface area contributed by atoms with Crippen molar-refractivity contribution in [3.05, 3.63) is 81.8 Å². The van der Waals surface area contributed by atoms with E-state index in [9.17, 15) is 14.4 Å². The molecular formula is C24H22N4O4. The summed E-state index contributed by atoms with van der Waals surface area (Å²) in [5.41, 5.74) is 2.59. The van der Waals surface area contributed by atoms with Gasteiger partial charge in [-0.05, 0) is 24.1 Å². The molecule has 0 spiro atoms. The molecule has 2 amide bonds. The maximum atomic E-state index is 13.4. The molecule has 1 saturated heterocycles. The third-order valence-electron chi connectivity index (χ3n) is 5.76. The number of aromatic amines is 1. The van der Waals surface area contributed by atoms with Crippen LogP contribution >= 0.6 is 0 Å². The molecule has 0 saturated carbocycles. The first-order valence-electron chi connectivity index (χ1n) is 10.6. The first kappa shape index (κ1) is 20.0. The highest BCUT2D eigenvalue weighted by Crippen LogP contribution is 2.31. The Morgan fingerprint density at radius 1 is 1.06 bits per heavy atom. The van der Waals surface area contributed by atoms with E-state index >= 15 is 0 Å². The number of H-pyrrole nitrogens is 1. The highest BCUT2D eigenvalue weighted by molar-refractivity contribution is 6.06. The van der Waals surface area contributed by atoms with E-state index in [4.69, 9.17) is 4.42 Å². The minimum atomic E-state index is -0.817. The molecule has 1 aliphatic rings. The van der Waals surface area contributed by atoms with Crippen LogP contribution in [0.2, 0.25) is 0 Å². The summed E-state index contributed by atoms with van der Waals surface area (Å²) in [6.45, 7) is 2.18. The number of imide groups is 1. The van der Waals surface area contributed by atoms with Gasteiger partial charge in [0, 0.05) is 12.1 Å². The van der Waals surface area contributed by atoms with Crippen molar-refractivity contribution in [1.29, 1.82) is 0 Å². The lowest BCUT2D eigenvalue weighted by atomic mass is 9.96. The fourth-order valence-corrected chi connectivity index (χ4v) is 4.23. The van der Waals surface area contributed by atoms with Gasteiger partial charge in [-0.1, -0.05) is 55.8 Å². The van der Waals surface area contributed by atoms with Crippen LogP contribution in [0.1, 0.15) is 42.5 Å². The van der Waals surface area contributed by atoms with E-state index in [1.165, 1.54) is 9.58 Å². The van der Waals surface area contributed by atoms with Gasteiger partial charge in [0.15, 0.2) is 5.58 Å². The summed E-state index contributed by atoms with van der Waals surface area (Å²) in [5.74, 6) is -1.44. The Morgan fingerprint density at radius 2 is 1.81 bits per heavy atom. The average molecular weight is 430 g/mol. The first-order valence-corrected chi connectivity index (χ1v) is 10.6. The van der Waals surface area contributed by atoms with E-state index in [0.29, 0.717) is 28.8 Å². The van der Waals surface area contributed by atoms with Crippen molar-refractivity contribution in [3.8, 4) is 6.01 Å². The van der Waals surface area contributed by atoms with Crippen molar-refractivity contribution in [2.75, 3.05) is 0 Å². The largest absolute Gasteiger partial charge is 0.422 e. The molecule has 8 heteroatoms. The summed E-state index contributed by atoms with van der Waals surface area (Å²) in [6, 6.07) is 16.7. The van der Waals surface area contributed by atoms with Gasteiger partial charge >= 0.3 is 6.01 Å². The van der Waals surface area contributed by atoms with Crippen molar-refractivity contribution in [3.63, 3.8) is 0 Å². The van der Waals surface area contributed by atoms with Crippen molar-refractivity contribution in [2.24, 2.45) is 0 Å². The third kappa shape index (κ3) is 3.33. The van der Waals surface area contributed by atoms with Crippen LogP contribution in [0.3, 0.4) is 0 Å². The molecule has 0 radical (unpaired) electrons. The molecule has 4 aromatic rings. The van der Waals surface area contributed by atoms with Crippen LogP contribution in [-0.4, -0.2) is 31.5 Å². The van der Waals surface area contributed by atoms with E-state index in [0.717, 1.165) is 12.0 Å². The van der Waals surface area contributed by atoms with Crippen molar-refractivity contribution in [2.45, 2.75) is 38.6 Å². The molecule has 162 valence electrons. The van der Waals surface area contributed by atoms with Gasteiger partial charge in [0.1, 0.15) is 5.52 Å². The molecule has 8 nitrogen and oxygen atoms in total. The van der Waals surface area contributed by atoms with Gasteiger partial charge in [-0.15, -0.1) is 0 Å². The van der Waals surface area contributed by atoms with Gasteiger partial charge in [0.25, 0.3) is 5.56 Å². The molecule has 1 atom stereocenters. The monoisotopic (exact) mass is 430 g/mol. The zero-order valence-electron chi connectivity index (χ0n) is 17.6. The summed E-state index contributed by atoms with van der Waals surface area (Å²) >= 11 is 0. The quantitative estimate of drug-likeness (QED) is 0.473. The highest BCUT2D eigenvalue weighted by Gasteiger charge is 2.42. The predicted octanol–water partition coefficient (Wildman–Crippen LogP) is 3.30. The number of aryl methyl sites for hydroxylation is 1. The second-order valence-electron chi connectivity index (χ2n) is 7.92. The predicted molar refractivity (Wildman–Crippen MR) is 117 cm³/mol. The Morgan fingerprint density at radius 3 is 2.56 bits per heavy atom. The molecule has 1 unspecified atom stereocenters. The molecule has 3 heterocycles. The Labute approximate surface area is 183 Å². The molecule has 1 N–H and O–H groups in total. The number of fused-ring (bicyclic) bond motifs is 1. The number of para-hydroxylation sites is 2. The Kier molecular flexibility index (Phi) is 4.97. The van der Waals surface area contributed by atoms with Crippen LogP contribution in [0, 0.1) is 0 Å². The number of nitrogens with one attached hydrogen (secondary N) is 1. The maximum Gasteiger partial charge on any atom is 0.325 e. The number of carbonyl (C=O) groups excluding carboxylic acids is 2. The molecule has 0 aliphatic carbocycles. The molecule has 0 bridgehead atoms. The van der Waals surface area contributed by atoms with Crippen LogP contribution in [0.15, 0.2) is 63.8 Å². The minimum absolute atomic E-state index is 0.0248. The number of rotatable bonds is 6. The number of amides is 2. The second-order valence-corrected chi connectivity index (χ2v) is 7.92. The number of likely N-dealkylation sites (tertiary alicyclic amines) is 1. The zero-order chi connectivity index (χ0) is 22.2. The molecule has 1 aliphatic heterocycles. The normalized spacial score (nSPS) is 16.4. The lowest BCUT2D eigenvalue weighted by molar-refractivity contribution is -0.139. The number of nitrogens with zero attached hydrogens (tertiary/aromatic N) is 3. The molecular weight excluding hydrogens is 408 g/mol. The molecule has 32 heavy (non-hydrogen) atoms. The minimum Gasteiger partial charge on any atom is -0.422 e. The van der Waals surface area contributed by atoms with Crippen molar-refractivity contribution >= 4 is 22.9 Å². The van der Waals surface area contributed by atoms with E-state index in [-0.39, 0.29) is 30.8 Å². The molecule has 2 aromatic heterocycles. The fraction of sp³-hybridized carbons (Fsp3) is 0.250. The van der Waals surface area contributed by atoms with E-state index in [1.54, 1.807) is 12.1 Å². The topological polar surface area (TPSA) is 101 Å². The van der Waals surface area contributed by atoms with Crippen LogP contribution < -0.4 is 5.56 Å². The summed E-state index contributed by atoms with van der Waals surface area (Å²) in [6.07, 6.45) is 1.31. The lowest BCUT2D eigenvalue weighted by Gasteiger charge is -2.15. The summed E-state index contributed by atoms with van der Waals surface area (Å²) < 4.78 is 6.98. The average Bonchev–Trinajstić information content (AvgIpc) is 3.44. The van der Waals surface area contributed by atoms with Crippen LogP contribution in [-0.2, 0) is 22.6 Å². The van der Waals surface area contributed by atoms with Crippen LogP contribution in [0.5, 0.6) is 0 Å². The zero-order valence-corrected chi connectivity index (χ0v) is 17.6. The first-order chi connectivity index (χ1) is 15.6. The highest BCUT2D eigenvalue weighted by atomic mass is 16.4. The van der Waals surface area contributed by atoms with Gasteiger partial charge in [0.2, 0.25) is 11.8 Å². The fourth-order valence-electron chi connectivity index (χ4n) is 4.23. The third-order valence-corrected chi connectivity index (χ3v) is 5.76. The number of benzene rings is 2. The standard InChI is InChI=1S/C24H22N4O4/c1-2-8-18-21(16-13-20(29)27(22(16)30)14-15-9-4-3-5-10-15)23(31)28(26-18)24-25-17-11-6-7-12-19(17)32-24/h3-7,9-12,16,26H,2,8,13-14H2,1H3. The number of oxazole rings is 1. The van der Waals surface area contributed by atoms with Crippen molar-refractivity contribution < 1.29 is 14.0 Å². The van der Waals surface area contributed by atoms with Gasteiger partial charge in [-0.25, -0.2) is 0 Å². The van der Waals surface area contributed by atoms with E-state index < -0.39 is 11.5 Å². The van der Waals surface area contributed by atoms with Crippen LogP contribution in [0.4, 0.5) is 0 Å². The number of aromatic nitrogens is 3. The number of hydrogen-bond donors (Lipinski definition) is 1. The Hall–Kier alpha value is -3.94. The van der Waals surface area contributed by atoms with Gasteiger partial charge < -0.3 is 4.42 Å². The summed E-state index contributed by atoms with van der Waals surface area (Å²) in [7, 11) is 0. The smallest absolute Gasteiger partial charge is 0.325 e. The maximum absolute atomic E-state index is 13.4. The van der Waals surface area contributed by atoms with Gasteiger partial charge in [0.05, 0.1) is 18.0 Å². The molecule has 2 aromatic carbocycles. The summed E-state index contributed by atoms with van der Waals surface area (Å²) in [5, 5.41) is 3.07. The Bertz CT molecular complexity index is 1330. The van der Waals surface area contributed by atoms with E-state index in [1.807, 2.05) is 49.4 Å². The lowest BCUT2D eigenvalue weighted by Crippen LogP contribution is -2.31. The second kappa shape index (κ2) is 7.96. The number of carbonyl (C=O) groups is 2. The van der Waals surface area contributed by atoms with Gasteiger partial charge in [-0.3, -0.25) is 24.4 Å². The van der Waals surface area contributed by atoms with Crippen molar-refractivity contribution in [1.82, 2.24) is 19.7 Å². The number of hydrogen-bond acceptors (Lipinski definition) is 5. The van der Waals surface area contributed by atoms with Crippen LogP contribution in [0.25, 0.3) is 17.1 Å². The SMILES string of the molecule is CCCc1[nH]n(-c2nc3ccccc3o2)c(=O)c1C1CC(=O)N(Cc2ccccc2)C1=O.